The van der Waals surface area contributed by atoms with Gasteiger partial charge in [0.05, 0.1) is 12.8 Å². The molecule has 0 amide bonds. The maximum absolute atomic E-state index is 14.2. The largest absolute Gasteiger partial charge is 0.464 e. The van der Waals surface area contributed by atoms with E-state index in [9.17, 15) is 13.6 Å². The van der Waals surface area contributed by atoms with E-state index in [2.05, 4.69) is 15.0 Å². The molecular formula is C14H15F2N3O2. The van der Waals surface area contributed by atoms with Crippen LogP contribution >= 0.6 is 0 Å². The van der Waals surface area contributed by atoms with Crippen LogP contribution < -0.4 is 0 Å². The van der Waals surface area contributed by atoms with Crippen LogP contribution in [0.1, 0.15) is 28.7 Å². The summed E-state index contributed by atoms with van der Waals surface area (Å²) in [6.45, 7) is 1.06. The summed E-state index contributed by atoms with van der Waals surface area (Å²) in [4.78, 5) is 11.5. The fraction of sp³-hybridized carbons (Fsp3) is 0.357. The number of aromatic nitrogens is 3. The number of ether oxygens (including phenoxy) is 1. The lowest BCUT2D eigenvalue weighted by Gasteiger charge is -2.17. The Morgan fingerprint density at radius 2 is 2.00 bits per heavy atom. The number of nitrogens with zero attached hydrogens (tertiary/aromatic N) is 3. The number of halogens is 2. The molecule has 0 aliphatic carbocycles. The van der Waals surface area contributed by atoms with Gasteiger partial charge in [0.25, 0.3) is 5.92 Å². The topological polar surface area (TPSA) is 57.0 Å². The predicted molar refractivity (Wildman–Crippen MR) is 71.1 cm³/mol. The van der Waals surface area contributed by atoms with Crippen molar-refractivity contribution >= 4 is 5.97 Å². The third-order valence-corrected chi connectivity index (χ3v) is 3.10. The molecule has 21 heavy (non-hydrogen) atoms. The molecule has 1 heterocycles. The minimum absolute atomic E-state index is 0.0242. The molecule has 0 N–H and O–H groups in total. The third-order valence-electron chi connectivity index (χ3n) is 3.10. The molecule has 0 atom stereocenters. The normalized spacial score (nSPS) is 11.4. The van der Waals surface area contributed by atoms with Crippen molar-refractivity contribution in [2.45, 2.75) is 25.8 Å². The average molecular weight is 295 g/mol. The zero-order valence-corrected chi connectivity index (χ0v) is 11.7. The average Bonchev–Trinajstić information content (AvgIpc) is 2.89. The van der Waals surface area contributed by atoms with Crippen molar-refractivity contribution < 1.29 is 18.3 Å². The second-order valence-corrected chi connectivity index (χ2v) is 4.46. The van der Waals surface area contributed by atoms with Crippen molar-refractivity contribution in [1.29, 1.82) is 0 Å². The van der Waals surface area contributed by atoms with Crippen LogP contribution in [-0.4, -0.2) is 28.1 Å². The minimum atomic E-state index is -3.10. The van der Waals surface area contributed by atoms with Gasteiger partial charge in [-0.25, -0.2) is 9.48 Å². The Morgan fingerprint density at radius 1 is 1.33 bits per heavy atom. The number of benzene rings is 1. The van der Waals surface area contributed by atoms with E-state index in [1.165, 1.54) is 19.2 Å². The number of carbonyl (C=O) groups is 1. The van der Waals surface area contributed by atoms with Crippen LogP contribution in [0.5, 0.6) is 0 Å². The fourth-order valence-corrected chi connectivity index (χ4v) is 2.03. The van der Waals surface area contributed by atoms with Crippen molar-refractivity contribution in [2.24, 2.45) is 0 Å². The second-order valence-electron chi connectivity index (χ2n) is 4.46. The maximum Gasteiger partial charge on any atom is 0.360 e. The van der Waals surface area contributed by atoms with E-state index in [1.54, 1.807) is 25.1 Å². The summed E-state index contributed by atoms with van der Waals surface area (Å²) in [7, 11) is 1.21. The van der Waals surface area contributed by atoms with Crippen LogP contribution in [0.2, 0.25) is 0 Å². The quantitative estimate of drug-likeness (QED) is 0.795. The van der Waals surface area contributed by atoms with E-state index >= 15 is 0 Å². The number of hydrogen-bond donors (Lipinski definition) is 0. The summed E-state index contributed by atoms with van der Waals surface area (Å²) >= 11 is 0. The van der Waals surface area contributed by atoms with Gasteiger partial charge in [-0.3, -0.25) is 0 Å². The molecule has 2 rings (SSSR count). The molecule has 0 aliphatic rings. The first kappa shape index (κ1) is 15.1. The van der Waals surface area contributed by atoms with Crippen LogP contribution in [0, 0.1) is 0 Å². The van der Waals surface area contributed by atoms with E-state index in [0.717, 1.165) is 4.68 Å². The molecule has 0 bridgehead atoms. The lowest BCUT2D eigenvalue weighted by molar-refractivity contribution is -0.0265. The van der Waals surface area contributed by atoms with Gasteiger partial charge >= 0.3 is 5.97 Å². The molecule has 2 aromatic rings. The molecule has 0 saturated heterocycles. The third kappa shape index (κ3) is 3.07. The van der Waals surface area contributed by atoms with E-state index in [-0.39, 0.29) is 11.3 Å². The number of methoxy groups -OCH3 is 1. The Hall–Kier alpha value is -2.31. The van der Waals surface area contributed by atoms with Crippen molar-refractivity contribution in [1.82, 2.24) is 15.0 Å². The summed E-state index contributed by atoms with van der Waals surface area (Å²) in [5.74, 6) is -3.78. The fourth-order valence-electron chi connectivity index (χ4n) is 2.03. The maximum atomic E-state index is 14.2. The molecule has 1 aromatic carbocycles. The predicted octanol–water partition coefficient (Wildman–Crippen LogP) is 2.42. The second kappa shape index (κ2) is 5.99. The number of rotatable bonds is 5. The molecule has 112 valence electrons. The lowest BCUT2D eigenvalue weighted by Crippen LogP contribution is -2.23. The van der Waals surface area contributed by atoms with Gasteiger partial charge in [0.2, 0.25) is 0 Å². The van der Waals surface area contributed by atoms with Gasteiger partial charge in [-0.2, -0.15) is 8.78 Å². The number of alkyl halides is 2. The summed E-state index contributed by atoms with van der Waals surface area (Å²) in [6.07, 6.45) is 0.350. The van der Waals surface area contributed by atoms with E-state index in [0.29, 0.717) is 12.1 Å². The number of carbonyl (C=O) groups excluding carboxylic acids is 1. The molecular weight excluding hydrogens is 280 g/mol. The van der Waals surface area contributed by atoms with Gasteiger partial charge in [-0.05, 0) is 6.42 Å². The molecule has 0 aliphatic heterocycles. The zero-order chi connectivity index (χ0) is 15.5. The first-order valence-corrected chi connectivity index (χ1v) is 6.43. The highest BCUT2D eigenvalue weighted by molar-refractivity contribution is 5.88. The highest BCUT2D eigenvalue weighted by Gasteiger charge is 2.34. The summed E-state index contributed by atoms with van der Waals surface area (Å²) in [5.41, 5.74) is 0.198. The molecule has 0 fully saturated rings. The Morgan fingerprint density at radius 3 is 2.57 bits per heavy atom. The van der Waals surface area contributed by atoms with Crippen LogP contribution in [0.15, 0.2) is 30.3 Å². The van der Waals surface area contributed by atoms with Gasteiger partial charge in [-0.15, -0.1) is 5.10 Å². The van der Waals surface area contributed by atoms with Gasteiger partial charge in [0.15, 0.2) is 5.69 Å². The Kier molecular flexibility index (Phi) is 4.30. The SMILES string of the molecule is CCc1c(C(=O)OC)nnn1CC(F)(F)c1ccccc1. The number of hydrogen-bond acceptors (Lipinski definition) is 4. The summed E-state index contributed by atoms with van der Waals surface area (Å²) < 4.78 is 34.1. The van der Waals surface area contributed by atoms with Gasteiger partial charge in [-0.1, -0.05) is 42.5 Å². The van der Waals surface area contributed by atoms with Crippen LogP contribution in [0.25, 0.3) is 0 Å². The smallest absolute Gasteiger partial charge is 0.360 e. The minimum Gasteiger partial charge on any atom is -0.464 e. The molecule has 1 aromatic heterocycles. The van der Waals surface area contributed by atoms with Gasteiger partial charge in [0.1, 0.15) is 6.54 Å². The van der Waals surface area contributed by atoms with Gasteiger partial charge in [0, 0.05) is 5.56 Å². The Bertz CT molecular complexity index is 626. The number of esters is 1. The monoisotopic (exact) mass is 295 g/mol. The standard InChI is InChI=1S/C14H15F2N3O2/c1-3-11-12(13(20)21-2)17-18-19(11)9-14(15,16)10-7-5-4-6-8-10/h4-8H,3,9H2,1-2H3. The summed E-state index contributed by atoms with van der Waals surface area (Å²) in [6, 6.07) is 7.46. The molecule has 0 radical (unpaired) electrons. The van der Waals surface area contributed by atoms with Crippen LogP contribution in [-0.2, 0) is 23.6 Å². The van der Waals surface area contributed by atoms with E-state index in [1.807, 2.05) is 0 Å². The van der Waals surface area contributed by atoms with Crippen molar-refractivity contribution in [3.63, 3.8) is 0 Å². The van der Waals surface area contributed by atoms with E-state index in [4.69, 9.17) is 0 Å². The van der Waals surface area contributed by atoms with Crippen molar-refractivity contribution in [3.8, 4) is 0 Å². The lowest BCUT2D eigenvalue weighted by atomic mass is 10.1. The molecule has 0 unspecified atom stereocenters. The molecule has 7 heteroatoms. The van der Waals surface area contributed by atoms with Gasteiger partial charge < -0.3 is 4.74 Å². The first-order chi connectivity index (χ1) is 9.99. The molecule has 5 nitrogen and oxygen atoms in total. The van der Waals surface area contributed by atoms with E-state index < -0.39 is 18.4 Å². The highest BCUT2D eigenvalue weighted by atomic mass is 19.3. The molecule has 0 spiro atoms. The first-order valence-electron chi connectivity index (χ1n) is 6.43. The van der Waals surface area contributed by atoms with Crippen molar-refractivity contribution in [3.05, 3.63) is 47.3 Å². The molecule has 0 saturated carbocycles. The summed E-state index contributed by atoms with van der Waals surface area (Å²) in [5, 5.41) is 7.29. The van der Waals surface area contributed by atoms with Crippen LogP contribution in [0.4, 0.5) is 8.78 Å². The Labute approximate surface area is 120 Å². The zero-order valence-electron chi connectivity index (χ0n) is 11.7. The highest BCUT2D eigenvalue weighted by Crippen LogP contribution is 2.30. The van der Waals surface area contributed by atoms with Crippen molar-refractivity contribution in [2.75, 3.05) is 7.11 Å². The Balaban J connectivity index is 2.31. The van der Waals surface area contributed by atoms with Crippen LogP contribution in [0.3, 0.4) is 0 Å².